The molecule has 0 saturated heterocycles. The molecule has 0 heterocycles. The number of rotatable bonds is 13. The second kappa shape index (κ2) is 14.4. The molecule has 5 nitrogen and oxygen atoms in total. The van der Waals surface area contributed by atoms with Gasteiger partial charge in [-0.1, -0.05) is 17.7 Å². The Bertz CT molecular complexity index is 586. The zero-order valence-corrected chi connectivity index (χ0v) is 18.1. The molecule has 1 aromatic rings. The SMILES string of the molecule is C=CCCNCCCCOCC1CCC(CNC(=O)Oc2ccc(Cl)cc2)CC1. The smallest absolute Gasteiger partial charge is 0.410 e. The van der Waals surface area contributed by atoms with Gasteiger partial charge in [0.2, 0.25) is 0 Å². The molecule has 1 amide bonds. The van der Waals surface area contributed by atoms with Crippen molar-refractivity contribution in [1.29, 1.82) is 0 Å². The number of hydrogen-bond donors (Lipinski definition) is 2. The molecule has 1 fully saturated rings. The van der Waals surface area contributed by atoms with E-state index in [1.807, 2.05) is 6.08 Å². The van der Waals surface area contributed by atoms with Crippen LogP contribution in [0, 0.1) is 11.8 Å². The average molecular weight is 423 g/mol. The molecule has 2 N–H and O–H groups in total. The van der Waals surface area contributed by atoms with Crippen LogP contribution in [0.15, 0.2) is 36.9 Å². The van der Waals surface area contributed by atoms with Gasteiger partial charge in [-0.15, -0.1) is 6.58 Å². The lowest BCUT2D eigenvalue weighted by molar-refractivity contribution is 0.0754. The van der Waals surface area contributed by atoms with Crippen molar-refractivity contribution in [2.45, 2.75) is 44.9 Å². The van der Waals surface area contributed by atoms with Gasteiger partial charge in [0, 0.05) is 24.8 Å². The second-order valence-electron chi connectivity index (χ2n) is 7.72. The van der Waals surface area contributed by atoms with Gasteiger partial charge in [-0.3, -0.25) is 0 Å². The molecule has 1 aliphatic carbocycles. The van der Waals surface area contributed by atoms with Crippen LogP contribution in [0.2, 0.25) is 5.02 Å². The molecule has 0 aliphatic heterocycles. The molecule has 1 aliphatic rings. The molecule has 0 atom stereocenters. The molecular formula is C23H35ClN2O3. The number of carbonyl (C=O) groups is 1. The summed E-state index contributed by atoms with van der Waals surface area (Å²) >= 11 is 5.83. The maximum Gasteiger partial charge on any atom is 0.412 e. The maximum atomic E-state index is 11.9. The van der Waals surface area contributed by atoms with Crippen LogP contribution in [0.5, 0.6) is 5.75 Å². The fraction of sp³-hybridized carbons (Fsp3) is 0.609. The molecular weight excluding hydrogens is 388 g/mol. The van der Waals surface area contributed by atoms with Gasteiger partial charge < -0.3 is 20.1 Å². The van der Waals surface area contributed by atoms with Gasteiger partial charge in [-0.05, 0) is 94.1 Å². The zero-order valence-electron chi connectivity index (χ0n) is 17.3. The first-order valence-electron chi connectivity index (χ1n) is 10.8. The highest BCUT2D eigenvalue weighted by Crippen LogP contribution is 2.28. The standard InChI is InChI=1S/C23H35ClN2O3/c1-2-3-14-25-15-4-5-16-28-18-20-8-6-19(7-9-20)17-26-23(27)29-22-12-10-21(24)11-13-22/h2,10-13,19-20,25H,1,3-9,14-18H2,(H,26,27). The number of carbonyl (C=O) groups excluding carboxylic acids is 1. The topological polar surface area (TPSA) is 59.6 Å². The summed E-state index contributed by atoms with van der Waals surface area (Å²) in [5, 5.41) is 6.89. The summed E-state index contributed by atoms with van der Waals surface area (Å²) in [7, 11) is 0. The molecule has 2 rings (SSSR count). The molecule has 0 unspecified atom stereocenters. The van der Waals surface area contributed by atoms with Crippen LogP contribution in [0.3, 0.4) is 0 Å². The van der Waals surface area contributed by atoms with E-state index < -0.39 is 6.09 Å². The zero-order chi connectivity index (χ0) is 20.7. The summed E-state index contributed by atoms with van der Waals surface area (Å²) < 4.78 is 11.1. The normalized spacial score (nSPS) is 18.9. The van der Waals surface area contributed by atoms with Crippen molar-refractivity contribution in [1.82, 2.24) is 10.6 Å². The Kier molecular flexibility index (Phi) is 11.8. The lowest BCUT2D eigenvalue weighted by Crippen LogP contribution is -2.33. The highest BCUT2D eigenvalue weighted by Gasteiger charge is 2.22. The minimum atomic E-state index is -0.406. The fourth-order valence-corrected chi connectivity index (χ4v) is 3.63. The first-order valence-corrected chi connectivity index (χ1v) is 11.2. The Morgan fingerprint density at radius 3 is 2.55 bits per heavy atom. The van der Waals surface area contributed by atoms with Gasteiger partial charge >= 0.3 is 6.09 Å². The lowest BCUT2D eigenvalue weighted by atomic mass is 9.82. The minimum absolute atomic E-state index is 0.406. The second-order valence-corrected chi connectivity index (χ2v) is 8.16. The third-order valence-corrected chi connectivity index (χ3v) is 5.55. The third kappa shape index (κ3) is 10.7. The minimum Gasteiger partial charge on any atom is -0.410 e. The molecule has 1 saturated carbocycles. The van der Waals surface area contributed by atoms with Gasteiger partial charge in [0.15, 0.2) is 0 Å². The van der Waals surface area contributed by atoms with E-state index in [0.717, 1.165) is 58.4 Å². The molecule has 6 heteroatoms. The van der Waals surface area contributed by atoms with E-state index in [9.17, 15) is 4.79 Å². The highest BCUT2D eigenvalue weighted by molar-refractivity contribution is 6.30. The average Bonchev–Trinajstić information content (AvgIpc) is 2.73. The van der Waals surface area contributed by atoms with Crippen molar-refractivity contribution in [3.05, 3.63) is 41.9 Å². The van der Waals surface area contributed by atoms with Crippen molar-refractivity contribution >= 4 is 17.7 Å². The number of amides is 1. The molecule has 1 aromatic carbocycles. The van der Waals surface area contributed by atoms with Crippen molar-refractivity contribution in [2.75, 3.05) is 32.8 Å². The van der Waals surface area contributed by atoms with E-state index >= 15 is 0 Å². The molecule has 29 heavy (non-hydrogen) atoms. The Balaban J connectivity index is 1.46. The quantitative estimate of drug-likeness (QED) is 0.339. The summed E-state index contributed by atoms with van der Waals surface area (Å²) in [6.07, 6.45) is 9.41. The molecule has 0 aromatic heterocycles. The number of unbranched alkanes of at least 4 members (excludes halogenated alkanes) is 1. The molecule has 0 radical (unpaired) electrons. The number of ether oxygens (including phenoxy) is 2. The third-order valence-electron chi connectivity index (χ3n) is 5.30. The summed E-state index contributed by atoms with van der Waals surface area (Å²) in [5.74, 6) is 1.67. The van der Waals surface area contributed by atoms with Crippen LogP contribution in [-0.2, 0) is 4.74 Å². The molecule has 0 spiro atoms. The van der Waals surface area contributed by atoms with E-state index in [-0.39, 0.29) is 0 Å². The number of nitrogens with one attached hydrogen (secondary N) is 2. The summed E-state index contributed by atoms with van der Waals surface area (Å²) in [6.45, 7) is 8.16. The van der Waals surface area contributed by atoms with Gasteiger partial charge in [-0.25, -0.2) is 4.79 Å². The van der Waals surface area contributed by atoms with Gasteiger partial charge in [0.25, 0.3) is 0 Å². The van der Waals surface area contributed by atoms with Crippen molar-refractivity contribution in [3.63, 3.8) is 0 Å². The van der Waals surface area contributed by atoms with E-state index in [2.05, 4.69) is 17.2 Å². The van der Waals surface area contributed by atoms with E-state index in [1.54, 1.807) is 24.3 Å². The van der Waals surface area contributed by atoms with Gasteiger partial charge in [0.1, 0.15) is 5.75 Å². The monoisotopic (exact) mass is 422 g/mol. The van der Waals surface area contributed by atoms with Gasteiger partial charge in [0.05, 0.1) is 0 Å². The van der Waals surface area contributed by atoms with Gasteiger partial charge in [-0.2, -0.15) is 0 Å². The van der Waals surface area contributed by atoms with E-state index in [0.29, 0.717) is 29.2 Å². The maximum absolute atomic E-state index is 11.9. The highest BCUT2D eigenvalue weighted by atomic mass is 35.5. The number of benzene rings is 1. The Morgan fingerprint density at radius 2 is 1.83 bits per heavy atom. The van der Waals surface area contributed by atoms with Crippen molar-refractivity contribution in [3.8, 4) is 5.75 Å². The molecule has 0 bridgehead atoms. The van der Waals surface area contributed by atoms with Crippen LogP contribution in [0.25, 0.3) is 0 Å². The number of halogens is 1. The summed E-state index contributed by atoms with van der Waals surface area (Å²) in [4.78, 5) is 11.9. The Hall–Kier alpha value is -1.56. The predicted octanol–water partition coefficient (Wildman–Crippen LogP) is 5.20. The largest absolute Gasteiger partial charge is 0.412 e. The van der Waals surface area contributed by atoms with Crippen LogP contribution >= 0.6 is 11.6 Å². The molecule has 162 valence electrons. The van der Waals surface area contributed by atoms with Crippen molar-refractivity contribution in [2.24, 2.45) is 11.8 Å². The Morgan fingerprint density at radius 1 is 1.10 bits per heavy atom. The predicted molar refractivity (Wildman–Crippen MR) is 119 cm³/mol. The van der Waals surface area contributed by atoms with Crippen LogP contribution in [0.4, 0.5) is 4.79 Å². The lowest BCUT2D eigenvalue weighted by Gasteiger charge is -2.28. The first-order chi connectivity index (χ1) is 14.2. The summed E-state index contributed by atoms with van der Waals surface area (Å²) in [6, 6.07) is 6.78. The fourth-order valence-electron chi connectivity index (χ4n) is 3.51. The van der Waals surface area contributed by atoms with Crippen LogP contribution in [-0.4, -0.2) is 38.9 Å². The van der Waals surface area contributed by atoms with Crippen LogP contribution in [0.1, 0.15) is 44.9 Å². The van der Waals surface area contributed by atoms with Crippen LogP contribution < -0.4 is 15.4 Å². The van der Waals surface area contributed by atoms with E-state index in [1.165, 1.54) is 12.8 Å². The van der Waals surface area contributed by atoms with E-state index in [4.69, 9.17) is 21.1 Å². The Labute approximate surface area is 180 Å². The summed E-state index contributed by atoms with van der Waals surface area (Å²) in [5.41, 5.74) is 0. The van der Waals surface area contributed by atoms with Crippen molar-refractivity contribution < 1.29 is 14.3 Å². The number of hydrogen-bond acceptors (Lipinski definition) is 4. The first kappa shape index (κ1) is 23.7.